The number of nitrogens with zero attached hydrogens (tertiary/aromatic N) is 5. The van der Waals surface area contributed by atoms with Crippen LogP contribution in [0.5, 0.6) is 0 Å². The SMILES string of the molecule is N[C@H]1CCN(c2ccc3c(C(=O)NCC(c4cnc(C(F)(F)F)nc4)N4CCC(F)(F)CC4)c(Cl)ccc3n2)C1. The average molecular weight is 584 g/mol. The van der Waals surface area contributed by atoms with Gasteiger partial charge >= 0.3 is 6.18 Å². The van der Waals surface area contributed by atoms with E-state index in [0.29, 0.717) is 17.4 Å². The van der Waals surface area contributed by atoms with Crippen LogP contribution in [0.2, 0.25) is 5.02 Å². The number of pyridine rings is 1. The zero-order valence-corrected chi connectivity index (χ0v) is 22.0. The van der Waals surface area contributed by atoms with Crippen molar-refractivity contribution in [3.63, 3.8) is 0 Å². The molecule has 1 aromatic carbocycles. The molecule has 3 N–H and O–H groups in total. The van der Waals surface area contributed by atoms with Gasteiger partial charge in [-0.1, -0.05) is 11.6 Å². The van der Waals surface area contributed by atoms with Crippen LogP contribution in [0.15, 0.2) is 36.7 Å². The first-order valence-electron chi connectivity index (χ1n) is 12.8. The van der Waals surface area contributed by atoms with E-state index in [1.54, 1.807) is 29.2 Å². The van der Waals surface area contributed by atoms with Gasteiger partial charge < -0.3 is 16.0 Å². The molecule has 4 heterocycles. The summed E-state index contributed by atoms with van der Waals surface area (Å²) >= 11 is 6.42. The quantitative estimate of drug-likeness (QED) is 0.414. The van der Waals surface area contributed by atoms with Gasteiger partial charge in [0, 0.05) is 75.0 Å². The summed E-state index contributed by atoms with van der Waals surface area (Å²) in [4.78, 5) is 28.7. The molecule has 2 fully saturated rings. The molecule has 2 aliphatic heterocycles. The molecule has 14 heteroatoms. The number of aromatic nitrogens is 3. The van der Waals surface area contributed by atoms with Crippen molar-refractivity contribution in [1.29, 1.82) is 0 Å². The van der Waals surface area contributed by atoms with Crippen molar-refractivity contribution in [2.24, 2.45) is 5.73 Å². The van der Waals surface area contributed by atoms with Crippen molar-refractivity contribution >= 4 is 34.2 Å². The number of amides is 1. The second-order valence-electron chi connectivity index (χ2n) is 10.1. The first-order chi connectivity index (χ1) is 18.9. The molecule has 214 valence electrons. The number of anilines is 1. The fourth-order valence-corrected chi connectivity index (χ4v) is 5.37. The molecule has 0 radical (unpaired) electrons. The van der Waals surface area contributed by atoms with Gasteiger partial charge in [-0.15, -0.1) is 0 Å². The van der Waals surface area contributed by atoms with Gasteiger partial charge in [-0.25, -0.2) is 23.7 Å². The van der Waals surface area contributed by atoms with E-state index in [2.05, 4.69) is 25.2 Å². The lowest BCUT2D eigenvalue weighted by atomic mass is 10.0. The maximum Gasteiger partial charge on any atom is 0.451 e. The maximum absolute atomic E-state index is 13.8. The van der Waals surface area contributed by atoms with E-state index in [0.717, 1.165) is 31.2 Å². The number of piperidine rings is 1. The number of nitrogens with two attached hydrogens (primary N) is 1. The Morgan fingerprint density at radius 3 is 2.45 bits per heavy atom. The molecular weight excluding hydrogens is 557 g/mol. The number of hydrogen-bond donors (Lipinski definition) is 2. The Kier molecular flexibility index (Phi) is 7.81. The number of carbonyl (C=O) groups excluding carboxylic acids is 1. The van der Waals surface area contributed by atoms with E-state index in [-0.39, 0.29) is 41.8 Å². The molecule has 1 unspecified atom stereocenters. The van der Waals surface area contributed by atoms with Crippen molar-refractivity contribution in [3.8, 4) is 0 Å². The molecule has 2 atom stereocenters. The van der Waals surface area contributed by atoms with Crippen LogP contribution in [0.3, 0.4) is 0 Å². The molecule has 8 nitrogen and oxygen atoms in total. The third-order valence-electron chi connectivity index (χ3n) is 7.32. The molecule has 40 heavy (non-hydrogen) atoms. The van der Waals surface area contributed by atoms with E-state index in [1.807, 2.05) is 0 Å². The number of halogens is 6. The number of carbonyl (C=O) groups is 1. The summed E-state index contributed by atoms with van der Waals surface area (Å²) in [6.45, 7) is 1.32. The molecule has 1 amide bonds. The highest BCUT2D eigenvalue weighted by Gasteiger charge is 2.38. The first kappa shape index (κ1) is 28.4. The number of likely N-dealkylation sites (tertiary alicyclic amines) is 1. The summed E-state index contributed by atoms with van der Waals surface area (Å²) in [6, 6.07) is 6.17. The summed E-state index contributed by atoms with van der Waals surface area (Å²) in [6.07, 6.45) is -2.67. The lowest BCUT2D eigenvalue weighted by Crippen LogP contribution is -2.45. The number of alkyl halides is 5. The zero-order valence-electron chi connectivity index (χ0n) is 21.3. The van der Waals surface area contributed by atoms with Crippen LogP contribution in [0.1, 0.15) is 47.1 Å². The molecular formula is C26H27ClF5N7O. The van der Waals surface area contributed by atoms with E-state index in [9.17, 15) is 26.7 Å². The van der Waals surface area contributed by atoms with Crippen LogP contribution in [0.25, 0.3) is 10.9 Å². The third-order valence-corrected chi connectivity index (χ3v) is 7.63. The van der Waals surface area contributed by atoms with Crippen LogP contribution in [0, 0.1) is 0 Å². The van der Waals surface area contributed by atoms with Gasteiger partial charge in [-0.2, -0.15) is 13.2 Å². The molecule has 0 bridgehead atoms. The van der Waals surface area contributed by atoms with Crippen molar-refractivity contribution in [2.75, 3.05) is 37.6 Å². The van der Waals surface area contributed by atoms with Crippen LogP contribution >= 0.6 is 11.6 Å². The number of benzene rings is 1. The fourth-order valence-electron chi connectivity index (χ4n) is 5.12. The highest BCUT2D eigenvalue weighted by Crippen LogP contribution is 2.33. The largest absolute Gasteiger partial charge is 0.451 e. The smallest absolute Gasteiger partial charge is 0.355 e. The van der Waals surface area contributed by atoms with Crippen molar-refractivity contribution in [3.05, 3.63) is 58.6 Å². The molecule has 2 aromatic heterocycles. The van der Waals surface area contributed by atoms with Gasteiger partial charge in [0.15, 0.2) is 0 Å². The average Bonchev–Trinajstić information content (AvgIpc) is 3.35. The Morgan fingerprint density at radius 1 is 1.12 bits per heavy atom. The molecule has 2 aliphatic rings. The second-order valence-corrected chi connectivity index (χ2v) is 10.5. The first-order valence-corrected chi connectivity index (χ1v) is 13.2. The number of fused-ring (bicyclic) bond motifs is 1. The molecule has 0 spiro atoms. The molecule has 0 saturated carbocycles. The fraction of sp³-hybridized carbons (Fsp3) is 0.462. The summed E-state index contributed by atoms with van der Waals surface area (Å²) in [5.41, 5.74) is 7.01. The number of rotatable bonds is 6. The molecule has 2 saturated heterocycles. The minimum atomic E-state index is -4.73. The minimum absolute atomic E-state index is 0.0174. The van der Waals surface area contributed by atoms with Gasteiger partial charge in [0.25, 0.3) is 11.8 Å². The molecule has 3 aromatic rings. The van der Waals surface area contributed by atoms with Gasteiger partial charge in [-0.3, -0.25) is 9.69 Å². The normalized spacial score (nSPS) is 20.6. The van der Waals surface area contributed by atoms with Crippen LogP contribution in [0.4, 0.5) is 27.8 Å². The van der Waals surface area contributed by atoms with Gasteiger partial charge in [0.05, 0.1) is 22.1 Å². The maximum atomic E-state index is 13.8. The highest BCUT2D eigenvalue weighted by molar-refractivity contribution is 6.35. The van der Waals surface area contributed by atoms with Gasteiger partial charge in [-0.05, 0) is 30.7 Å². The van der Waals surface area contributed by atoms with Gasteiger partial charge in [0.1, 0.15) is 5.82 Å². The lowest BCUT2D eigenvalue weighted by molar-refractivity contribution is -0.145. The highest BCUT2D eigenvalue weighted by atomic mass is 35.5. The Hall–Kier alpha value is -3.16. The van der Waals surface area contributed by atoms with Crippen LogP contribution in [-0.4, -0.2) is 70.4 Å². The van der Waals surface area contributed by atoms with Gasteiger partial charge in [0.2, 0.25) is 5.82 Å². The van der Waals surface area contributed by atoms with E-state index in [1.165, 1.54) is 0 Å². The molecule has 5 rings (SSSR count). The van der Waals surface area contributed by atoms with Crippen molar-refractivity contribution in [1.82, 2.24) is 25.2 Å². The van der Waals surface area contributed by atoms with Crippen LogP contribution < -0.4 is 16.0 Å². The van der Waals surface area contributed by atoms with E-state index < -0.39 is 42.7 Å². The van der Waals surface area contributed by atoms with E-state index >= 15 is 0 Å². The van der Waals surface area contributed by atoms with E-state index in [4.69, 9.17) is 17.3 Å². The molecule has 0 aliphatic carbocycles. The predicted octanol–water partition coefficient (Wildman–Crippen LogP) is 4.44. The zero-order chi connectivity index (χ0) is 28.7. The Balaban J connectivity index is 1.38. The van der Waals surface area contributed by atoms with Crippen LogP contribution in [-0.2, 0) is 6.18 Å². The Bertz CT molecular complexity index is 1380. The van der Waals surface area contributed by atoms with Crippen molar-refractivity contribution in [2.45, 2.75) is 43.4 Å². The topological polar surface area (TPSA) is 100 Å². The summed E-state index contributed by atoms with van der Waals surface area (Å²) in [5.74, 6) is -3.94. The summed E-state index contributed by atoms with van der Waals surface area (Å²) in [7, 11) is 0. The Morgan fingerprint density at radius 2 is 1.82 bits per heavy atom. The predicted molar refractivity (Wildman–Crippen MR) is 139 cm³/mol. The summed E-state index contributed by atoms with van der Waals surface area (Å²) in [5, 5.41) is 3.49. The standard InChI is InChI=1S/C26H27ClF5N7O/c27-18-2-3-19-17(1-4-21(37-19)39-8-5-16(33)14-39)22(18)23(40)34-13-20(38-9-6-25(28,29)7-10-38)15-11-35-24(36-12-15)26(30,31)32/h1-4,11-12,16,20H,5-10,13-14,33H2,(H,34,40)/t16-,20?/m0/s1. The number of hydrogen-bond acceptors (Lipinski definition) is 7. The Labute approximate surface area is 231 Å². The summed E-state index contributed by atoms with van der Waals surface area (Å²) < 4.78 is 66.6. The lowest BCUT2D eigenvalue weighted by Gasteiger charge is -2.37. The third kappa shape index (κ3) is 6.11. The number of nitrogens with one attached hydrogen (secondary N) is 1. The second kappa shape index (κ2) is 11.0. The van der Waals surface area contributed by atoms with Crippen molar-refractivity contribution < 1.29 is 26.7 Å². The monoisotopic (exact) mass is 583 g/mol. The minimum Gasteiger partial charge on any atom is -0.355 e.